The van der Waals surface area contributed by atoms with Crippen LogP contribution in [0.15, 0.2) is 6.07 Å². The van der Waals surface area contributed by atoms with Gasteiger partial charge in [-0.2, -0.15) is 0 Å². The van der Waals surface area contributed by atoms with Gasteiger partial charge < -0.3 is 16.4 Å². The fourth-order valence-corrected chi connectivity index (χ4v) is 2.35. The summed E-state index contributed by atoms with van der Waals surface area (Å²) in [5.41, 5.74) is 8.23. The molecule has 5 nitrogen and oxygen atoms in total. The summed E-state index contributed by atoms with van der Waals surface area (Å²) in [7, 11) is 0. The molecular weight excluding hydrogens is 216 g/mol. The van der Waals surface area contributed by atoms with Crippen LogP contribution in [0, 0.1) is 0 Å². The number of hydrogen-bond donors (Lipinski definition) is 3. The highest BCUT2D eigenvalue weighted by atomic mass is 16.1. The molecule has 1 aromatic rings. The van der Waals surface area contributed by atoms with Crippen LogP contribution in [0.1, 0.15) is 28.0 Å². The lowest BCUT2D eigenvalue weighted by molar-refractivity contribution is 0.100. The van der Waals surface area contributed by atoms with Gasteiger partial charge in [0.1, 0.15) is 5.82 Å². The summed E-state index contributed by atoms with van der Waals surface area (Å²) in [5.74, 6) is 0.256. The Bertz CT molecular complexity index is 468. The zero-order valence-electron chi connectivity index (χ0n) is 9.62. The average Bonchev–Trinajstić information content (AvgIpc) is 2.68. The molecule has 17 heavy (non-hydrogen) atoms. The third-order valence-corrected chi connectivity index (χ3v) is 3.44. The van der Waals surface area contributed by atoms with Gasteiger partial charge in [-0.1, -0.05) is 0 Å². The average molecular weight is 232 g/mol. The van der Waals surface area contributed by atoms with Crippen molar-refractivity contribution in [3.05, 3.63) is 22.9 Å². The van der Waals surface area contributed by atoms with Gasteiger partial charge in [0.15, 0.2) is 0 Å². The van der Waals surface area contributed by atoms with Gasteiger partial charge in [-0.05, 0) is 30.9 Å². The maximum atomic E-state index is 11.4. The van der Waals surface area contributed by atoms with E-state index < -0.39 is 5.91 Å². The minimum atomic E-state index is -0.401. The van der Waals surface area contributed by atoms with Crippen LogP contribution in [0.25, 0.3) is 0 Å². The minimum Gasteiger partial charge on any atom is -0.365 e. The number of nitrogens with two attached hydrogens (primary N) is 1. The highest BCUT2D eigenvalue weighted by Crippen LogP contribution is 2.25. The maximum Gasteiger partial charge on any atom is 0.252 e. The van der Waals surface area contributed by atoms with Crippen LogP contribution in [0.2, 0.25) is 0 Å². The van der Waals surface area contributed by atoms with E-state index in [4.69, 9.17) is 5.73 Å². The zero-order valence-corrected chi connectivity index (χ0v) is 9.62. The van der Waals surface area contributed by atoms with Crippen LogP contribution < -0.4 is 16.4 Å². The molecule has 5 heteroatoms. The van der Waals surface area contributed by atoms with E-state index in [1.54, 1.807) is 0 Å². The Morgan fingerprint density at radius 2 is 2.29 bits per heavy atom. The molecule has 0 atom stereocenters. The number of nitrogens with one attached hydrogen (secondary N) is 2. The predicted molar refractivity (Wildman–Crippen MR) is 65.1 cm³/mol. The van der Waals surface area contributed by atoms with Crippen molar-refractivity contribution in [3.8, 4) is 0 Å². The number of carbonyl (C=O) groups excluding carboxylic acids is 1. The van der Waals surface area contributed by atoms with E-state index in [-0.39, 0.29) is 0 Å². The smallest absolute Gasteiger partial charge is 0.252 e. The summed E-state index contributed by atoms with van der Waals surface area (Å²) in [6.07, 6.45) is 3.13. The quantitative estimate of drug-likeness (QED) is 0.688. The molecule has 4 N–H and O–H groups in total. The first-order valence-corrected chi connectivity index (χ1v) is 6.04. The molecule has 1 fully saturated rings. The number of carbonyl (C=O) groups is 1. The van der Waals surface area contributed by atoms with Crippen molar-refractivity contribution in [2.45, 2.75) is 25.3 Å². The molecule has 1 aromatic heterocycles. The van der Waals surface area contributed by atoms with Crippen molar-refractivity contribution in [1.82, 2.24) is 10.3 Å². The molecule has 0 radical (unpaired) electrons. The Balaban J connectivity index is 1.95. The van der Waals surface area contributed by atoms with Gasteiger partial charge in [0, 0.05) is 18.8 Å². The summed E-state index contributed by atoms with van der Waals surface area (Å²) in [6.45, 7) is 1.83. The molecule has 2 aliphatic rings. The SMILES string of the molecule is NC(=O)c1cc2c(nc1NC1CNC1)CCC2. The monoisotopic (exact) mass is 232 g/mol. The molecule has 1 amide bonds. The molecule has 1 aliphatic heterocycles. The van der Waals surface area contributed by atoms with Crippen LogP contribution in [0.4, 0.5) is 5.82 Å². The molecule has 1 aliphatic carbocycles. The first-order chi connectivity index (χ1) is 8.24. The number of primary amides is 1. The molecule has 0 aromatic carbocycles. The molecule has 0 bridgehead atoms. The Kier molecular flexibility index (Phi) is 2.48. The number of anilines is 1. The van der Waals surface area contributed by atoms with Crippen LogP contribution in [-0.2, 0) is 12.8 Å². The summed E-state index contributed by atoms with van der Waals surface area (Å²) >= 11 is 0. The van der Waals surface area contributed by atoms with Crippen molar-refractivity contribution in [1.29, 1.82) is 0 Å². The predicted octanol–water partition coefficient (Wildman–Crippen LogP) is 0.0529. The second kappa shape index (κ2) is 4.00. The second-order valence-electron chi connectivity index (χ2n) is 4.71. The van der Waals surface area contributed by atoms with Crippen molar-refractivity contribution >= 4 is 11.7 Å². The summed E-state index contributed by atoms with van der Waals surface area (Å²) in [5, 5.41) is 6.46. The van der Waals surface area contributed by atoms with E-state index in [0.717, 1.165) is 38.0 Å². The molecule has 0 unspecified atom stereocenters. The highest BCUT2D eigenvalue weighted by Gasteiger charge is 2.22. The molecule has 1 saturated heterocycles. The van der Waals surface area contributed by atoms with Crippen molar-refractivity contribution in [2.75, 3.05) is 18.4 Å². The van der Waals surface area contributed by atoms with Gasteiger partial charge in [0.2, 0.25) is 0 Å². The Morgan fingerprint density at radius 1 is 1.47 bits per heavy atom. The number of hydrogen-bond acceptors (Lipinski definition) is 4. The van der Waals surface area contributed by atoms with Crippen LogP contribution in [0.5, 0.6) is 0 Å². The van der Waals surface area contributed by atoms with Gasteiger partial charge in [-0.15, -0.1) is 0 Å². The lowest BCUT2D eigenvalue weighted by Gasteiger charge is -2.29. The number of amides is 1. The number of rotatable bonds is 3. The molecule has 0 saturated carbocycles. The number of nitrogens with zero attached hydrogens (tertiary/aromatic N) is 1. The van der Waals surface area contributed by atoms with Gasteiger partial charge in [-0.25, -0.2) is 4.98 Å². The topological polar surface area (TPSA) is 80.0 Å². The van der Waals surface area contributed by atoms with E-state index in [0.29, 0.717) is 17.4 Å². The van der Waals surface area contributed by atoms with E-state index in [1.165, 1.54) is 5.56 Å². The molecule has 0 spiro atoms. The highest BCUT2D eigenvalue weighted by molar-refractivity contribution is 5.98. The molecule has 2 heterocycles. The van der Waals surface area contributed by atoms with Gasteiger partial charge in [-0.3, -0.25) is 4.79 Å². The summed E-state index contributed by atoms with van der Waals surface area (Å²) in [4.78, 5) is 16.0. The van der Waals surface area contributed by atoms with Gasteiger partial charge in [0.25, 0.3) is 5.91 Å². The fourth-order valence-electron chi connectivity index (χ4n) is 2.35. The van der Waals surface area contributed by atoms with Gasteiger partial charge >= 0.3 is 0 Å². The number of fused-ring (bicyclic) bond motifs is 1. The zero-order chi connectivity index (χ0) is 11.8. The minimum absolute atomic E-state index is 0.361. The summed E-state index contributed by atoms with van der Waals surface area (Å²) < 4.78 is 0. The fraction of sp³-hybridized carbons (Fsp3) is 0.500. The molecule has 90 valence electrons. The maximum absolute atomic E-state index is 11.4. The van der Waals surface area contributed by atoms with Crippen molar-refractivity contribution < 1.29 is 4.79 Å². The third-order valence-electron chi connectivity index (χ3n) is 3.44. The Morgan fingerprint density at radius 3 is 2.94 bits per heavy atom. The standard InChI is InChI=1S/C12H16N4O/c13-11(17)9-4-7-2-1-3-10(7)16-12(9)15-8-5-14-6-8/h4,8,14H,1-3,5-6H2,(H2,13,17)(H,15,16). The molecule has 3 rings (SSSR count). The van der Waals surface area contributed by atoms with Crippen LogP contribution in [0.3, 0.4) is 0 Å². The second-order valence-corrected chi connectivity index (χ2v) is 4.71. The van der Waals surface area contributed by atoms with Crippen molar-refractivity contribution in [2.24, 2.45) is 5.73 Å². The normalized spacial score (nSPS) is 18.6. The largest absolute Gasteiger partial charge is 0.365 e. The first-order valence-electron chi connectivity index (χ1n) is 6.04. The Hall–Kier alpha value is -1.62. The Labute approximate surface area is 99.8 Å². The number of aromatic nitrogens is 1. The van der Waals surface area contributed by atoms with E-state index in [2.05, 4.69) is 15.6 Å². The lowest BCUT2D eigenvalue weighted by atomic mass is 10.1. The van der Waals surface area contributed by atoms with E-state index in [9.17, 15) is 4.79 Å². The first kappa shape index (κ1) is 10.5. The van der Waals surface area contributed by atoms with Crippen molar-refractivity contribution in [3.63, 3.8) is 0 Å². The van der Waals surface area contributed by atoms with E-state index >= 15 is 0 Å². The number of aryl methyl sites for hydroxylation is 2. The van der Waals surface area contributed by atoms with Gasteiger partial charge in [0.05, 0.1) is 11.6 Å². The third kappa shape index (κ3) is 1.86. The summed E-state index contributed by atoms with van der Waals surface area (Å²) in [6, 6.07) is 2.27. The lowest BCUT2D eigenvalue weighted by Crippen LogP contribution is -2.51. The van der Waals surface area contributed by atoms with Crippen LogP contribution >= 0.6 is 0 Å². The number of pyridine rings is 1. The molecular formula is C12H16N4O. The van der Waals surface area contributed by atoms with Crippen LogP contribution in [-0.4, -0.2) is 30.0 Å². The van der Waals surface area contributed by atoms with E-state index in [1.807, 2.05) is 6.07 Å².